The maximum atomic E-state index is 11.6. The molecule has 0 heterocycles. The van der Waals surface area contributed by atoms with Crippen LogP contribution in [-0.2, 0) is 18.6 Å². The van der Waals surface area contributed by atoms with E-state index in [0.29, 0.717) is 6.42 Å². The first-order valence-electron chi connectivity index (χ1n) is 13.4. The van der Waals surface area contributed by atoms with Gasteiger partial charge in [-0.15, -0.1) is 0 Å². The second-order valence-electron chi connectivity index (χ2n) is 9.24. The Morgan fingerprint density at radius 3 is 1.39 bits per heavy atom. The highest BCUT2D eigenvalue weighted by molar-refractivity contribution is 7.46. The van der Waals surface area contributed by atoms with E-state index in [-0.39, 0.29) is 6.61 Å². The molecule has 0 aliphatic rings. The van der Waals surface area contributed by atoms with E-state index in [0.717, 1.165) is 19.3 Å². The molecule has 0 aromatic rings. The van der Waals surface area contributed by atoms with Gasteiger partial charge in [-0.2, -0.15) is 0 Å². The van der Waals surface area contributed by atoms with E-state index in [4.69, 9.17) is 14.5 Å². The molecule has 33 heavy (non-hydrogen) atoms. The number of phosphoric ester groups is 1. The van der Waals surface area contributed by atoms with Crippen LogP contribution in [0.2, 0.25) is 0 Å². The molecule has 0 amide bonds. The molecule has 0 saturated heterocycles. The fraction of sp³-hybridized carbons (Fsp3) is 0.960. The first-order valence-corrected chi connectivity index (χ1v) is 14.9. The van der Waals surface area contributed by atoms with Crippen LogP contribution in [0.3, 0.4) is 0 Å². The smallest absolute Gasteiger partial charge is 0.463 e. The highest BCUT2D eigenvalue weighted by atomic mass is 31.2. The van der Waals surface area contributed by atoms with Crippen molar-refractivity contribution in [3.63, 3.8) is 0 Å². The molecule has 0 spiro atoms. The van der Waals surface area contributed by atoms with Crippen LogP contribution >= 0.6 is 7.82 Å². The van der Waals surface area contributed by atoms with Gasteiger partial charge in [-0.05, 0) is 6.42 Å². The minimum atomic E-state index is -4.62. The monoisotopic (exact) mass is 494 g/mol. The summed E-state index contributed by atoms with van der Waals surface area (Å²) in [6.45, 7) is 1.37. The van der Waals surface area contributed by atoms with E-state index in [1.807, 2.05) is 0 Å². The van der Waals surface area contributed by atoms with Crippen molar-refractivity contribution in [2.75, 3.05) is 13.2 Å². The number of unbranched alkanes of at least 4 members (excludes halogenated alkanes) is 18. The number of hydrogen-bond donors (Lipinski definition) is 3. The Balaban J connectivity index is 3.24. The molecule has 1 atom stereocenters. The number of esters is 1. The van der Waals surface area contributed by atoms with Crippen LogP contribution in [0.1, 0.15) is 135 Å². The van der Waals surface area contributed by atoms with Gasteiger partial charge in [0.25, 0.3) is 0 Å². The van der Waals surface area contributed by atoms with Crippen molar-refractivity contribution in [1.29, 1.82) is 0 Å². The second-order valence-corrected chi connectivity index (χ2v) is 10.5. The Bertz CT molecular complexity index is 481. The quantitative estimate of drug-likeness (QED) is 0.0724. The molecular formula is C25H51O7P. The van der Waals surface area contributed by atoms with Gasteiger partial charge in [0, 0.05) is 6.42 Å². The van der Waals surface area contributed by atoms with Crippen molar-refractivity contribution >= 4 is 13.8 Å². The lowest BCUT2D eigenvalue weighted by molar-refractivity contribution is -0.147. The fourth-order valence-electron chi connectivity index (χ4n) is 3.84. The summed E-state index contributed by atoms with van der Waals surface area (Å²) in [5.74, 6) is -0.405. The third-order valence-electron chi connectivity index (χ3n) is 5.86. The predicted molar refractivity (Wildman–Crippen MR) is 133 cm³/mol. The number of hydrogen-bond acceptors (Lipinski definition) is 5. The van der Waals surface area contributed by atoms with E-state index in [1.165, 1.54) is 103 Å². The molecule has 0 saturated carbocycles. The van der Waals surface area contributed by atoms with Gasteiger partial charge < -0.3 is 19.6 Å². The maximum Gasteiger partial charge on any atom is 0.469 e. The van der Waals surface area contributed by atoms with Crippen LogP contribution in [0, 0.1) is 0 Å². The third kappa shape index (κ3) is 27.7. The molecule has 0 bridgehead atoms. The van der Waals surface area contributed by atoms with Gasteiger partial charge in [0.1, 0.15) is 12.7 Å². The Kier molecular flexibility index (Phi) is 23.0. The third-order valence-corrected chi connectivity index (χ3v) is 6.34. The topological polar surface area (TPSA) is 113 Å². The molecule has 3 N–H and O–H groups in total. The summed E-state index contributed by atoms with van der Waals surface area (Å²) in [6, 6.07) is 0. The normalized spacial score (nSPS) is 12.7. The second kappa shape index (κ2) is 23.3. The van der Waals surface area contributed by atoms with Crippen LogP contribution in [0.15, 0.2) is 0 Å². The number of carbonyl (C=O) groups excluding carboxylic acids is 1. The van der Waals surface area contributed by atoms with Crippen molar-refractivity contribution in [1.82, 2.24) is 0 Å². The molecule has 8 heteroatoms. The number of aliphatic hydroxyl groups is 1. The number of phosphoric acid groups is 1. The van der Waals surface area contributed by atoms with Crippen molar-refractivity contribution in [3.05, 3.63) is 0 Å². The zero-order valence-electron chi connectivity index (χ0n) is 21.1. The van der Waals surface area contributed by atoms with Crippen LogP contribution < -0.4 is 0 Å². The first-order chi connectivity index (χ1) is 15.8. The van der Waals surface area contributed by atoms with Crippen LogP contribution in [0.5, 0.6) is 0 Å². The minimum absolute atomic E-state index is 0.297. The molecule has 0 rings (SSSR count). The average molecular weight is 495 g/mol. The van der Waals surface area contributed by atoms with Gasteiger partial charge in [-0.25, -0.2) is 4.57 Å². The Hall–Kier alpha value is -0.460. The lowest BCUT2D eigenvalue weighted by Gasteiger charge is -2.12. The lowest BCUT2D eigenvalue weighted by atomic mass is 10.0. The fourth-order valence-corrected chi connectivity index (χ4v) is 4.21. The van der Waals surface area contributed by atoms with E-state index in [2.05, 4.69) is 11.4 Å². The van der Waals surface area contributed by atoms with Gasteiger partial charge in [0.2, 0.25) is 0 Å². The Morgan fingerprint density at radius 1 is 0.667 bits per heavy atom. The van der Waals surface area contributed by atoms with E-state index < -0.39 is 26.5 Å². The van der Waals surface area contributed by atoms with E-state index in [1.54, 1.807) is 0 Å². The Morgan fingerprint density at radius 2 is 1.03 bits per heavy atom. The number of ether oxygens (including phenoxy) is 1. The average Bonchev–Trinajstić information content (AvgIpc) is 2.77. The summed E-state index contributed by atoms with van der Waals surface area (Å²) >= 11 is 0. The van der Waals surface area contributed by atoms with Crippen LogP contribution in [0.4, 0.5) is 0 Å². The van der Waals surface area contributed by atoms with Gasteiger partial charge in [-0.1, -0.05) is 122 Å². The molecule has 0 aliphatic carbocycles. The summed E-state index contributed by atoms with van der Waals surface area (Å²) in [7, 11) is -4.62. The number of aliphatic hydroxyl groups excluding tert-OH is 1. The first kappa shape index (κ1) is 32.5. The van der Waals surface area contributed by atoms with Crippen LogP contribution in [0.25, 0.3) is 0 Å². The van der Waals surface area contributed by atoms with E-state index in [9.17, 15) is 14.5 Å². The van der Waals surface area contributed by atoms with Gasteiger partial charge >= 0.3 is 13.8 Å². The zero-order chi connectivity index (χ0) is 24.6. The molecule has 0 aromatic carbocycles. The minimum Gasteiger partial charge on any atom is -0.463 e. The zero-order valence-corrected chi connectivity index (χ0v) is 21.9. The van der Waals surface area contributed by atoms with E-state index >= 15 is 0 Å². The van der Waals surface area contributed by atoms with Gasteiger partial charge in [0.05, 0.1) is 6.61 Å². The Labute approximate surface area is 202 Å². The van der Waals surface area contributed by atoms with Crippen molar-refractivity contribution in [2.24, 2.45) is 0 Å². The number of rotatable bonds is 25. The highest BCUT2D eigenvalue weighted by Crippen LogP contribution is 2.35. The molecule has 0 unspecified atom stereocenters. The molecule has 0 fully saturated rings. The molecule has 0 aliphatic heterocycles. The van der Waals surface area contributed by atoms with Crippen molar-refractivity contribution in [2.45, 2.75) is 141 Å². The lowest BCUT2D eigenvalue weighted by Crippen LogP contribution is -2.23. The summed E-state index contributed by atoms with van der Waals surface area (Å²) in [5.41, 5.74) is 0. The molecule has 0 aromatic heterocycles. The molecule has 198 valence electrons. The molecule has 0 radical (unpaired) electrons. The summed E-state index contributed by atoms with van der Waals surface area (Å²) in [4.78, 5) is 28.7. The summed E-state index contributed by atoms with van der Waals surface area (Å²) in [6.07, 6.45) is 23.8. The largest absolute Gasteiger partial charge is 0.469 e. The van der Waals surface area contributed by atoms with Crippen molar-refractivity contribution in [3.8, 4) is 0 Å². The molecular weight excluding hydrogens is 443 g/mol. The maximum absolute atomic E-state index is 11.6. The van der Waals surface area contributed by atoms with Gasteiger partial charge in [-0.3, -0.25) is 9.32 Å². The number of carbonyl (C=O) groups is 1. The highest BCUT2D eigenvalue weighted by Gasteiger charge is 2.17. The standard InChI is InChI=1S/C25H51O7P/c1-2-3-4-5-6-7-8-9-10-11-12-13-14-15-16-17-18-19-20-21-25(27)31-22-24(26)23-32-33(28,29)30/h24,26H,2-23H2,1H3,(H2,28,29,30)/t24-/m1/s1. The summed E-state index contributed by atoms with van der Waals surface area (Å²) < 4.78 is 19.6. The molecule has 7 nitrogen and oxygen atoms in total. The van der Waals surface area contributed by atoms with Crippen molar-refractivity contribution < 1.29 is 33.5 Å². The van der Waals surface area contributed by atoms with Crippen LogP contribution in [-0.4, -0.2) is 40.2 Å². The predicted octanol–water partition coefficient (Wildman–Crippen LogP) is 6.82. The SMILES string of the molecule is CCCCCCCCCCCCCCCCCCCCCC(=O)OC[C@@H](O)COP(=O)(O)O. The summed E-state index contributed by atoms with van der Waals surface area (Å²) in [5, 5.41) is 9.45. The van der Waals surface area contributed by atoms with Gasteiger partial charge in [0.15, 0.2) is 0 Å².